The number of methoxy groups -OCH3 is 1. The fourth-order valence-corrected chi connectivity index (χ4v) is 1.30. The number of nitrogens with zero attached hydrogens (tertiary/aromatic N) is 3. The average molecular weight is 191 g/mol. The molecule has 0 aliphatic carbocycles. The smallest absolute Gasteiger partial charge is 0.341 e. The van der Waals surface area contributed by atoms with Gasteiger partial charge in [0.1, 0.15) is 11.4 Å². The topological polar surface area (TPSA) is 56.5 Å². The quantitative estimate of drug-likeness (QED) is 0.626. The molecule has 0 unspecified atom stereocenters. The standard InChI is InChI=1S/C9H9N3O2/c1-6-10-11-8-7(9(13)14-2)4-3-5-12(6)8/h3-5H,1-2H3. The molecule has 14 heavy (non-hydrogen) atoms. The van der Waals surface area contributed by atoms with Gasteiger partial charge in [0.15, 0.2) is 5.65 Å². The number of hydrogen-bond acceptors (Lipinski definition) is 4. The molecule has 0 aliphatic heterocycles. The van der Waals surface area contributed by atoms with E-state index in [1.807, 2.05) is 6.92 Å². The minimum atomic E-state index is -0.400. The molecule has 5 heteroatoms. The molecule has 0 fully saturated rings. The summed E-state index contributed by atoms with van der Waals surface area (Å²) in [6, 6.07) is 3.42. The van der Waals surface area contributed by atoms with Crippen molar-refractivity contribution in [1.29, 1.82) is 0 Å². The molecule has 2 aromatic heterocycles. The van der Waals surface area contributed by atoms with E-state index in [0.29, 0.717) is 11.2 Å². The zero-order valence-corrected chi connectivity index (χ0v) is 7.89. The van der Waals surface area contributed by atoms with Crippen molar-refractivity contribution in [2.24, 2.45) is 0 Å². The summed E-state index contributed by atoms with van der Waals surface area (Å²) in [5, 5.41) is 7.78. The Kier molecular flexibility index (Phi) is 1.92. The first kappa shape index (κ1) is 8.68. The van der Waals surface area contributed by atoms with Gasteiger partial charge < -0.3 is 4.74 Å². The predicted molar refractivity (Wildman–Crippen MR) is 49.1 cm³/mol. The van der Waals surface area contributed by atoms with E-state index in [-0.39, 0.29) is 0 Å². The second-order valence-corrected chi connectivity index (χ2v) is 2.85. The molecule has 0 aliphatic rings. The minimum Gasteiger partial charge on any atom is -0.465 e. The first-order chi connectivity index (χ1) is 6.74. The lowest BCUT2D eigenvalue weighted by Gasteiger charge is -2.00. The van der Waals surface area contributed by atoms with Gasteiger partial charge in [0, 0.05) is 6.20 Å². The maximum absolute atomic E-state index is 11.3. The average Bonchev–Trinajstić information content (AvgIpc) is 2.59. The van der Waals surface area contributed by atoms with Crippen LogP contribution in [-0.4, -0.2) is 27.7 Å². The van der Waals surface area contributed by atoms with Gasteiger partial charge in [-0.05, 0) is 19.1 Å². The molecule has 72 valence electrons. The van der Waals surface area contributed by atoms with Gasteiger partial charge in [0.05, 0.1) is 7.11 Å². The Morgan fingerprint density at radius 3 is 3.00 bits per heavy atom. The number of aryl methyl sites for hydroxylation is 1. The zero-order valence-electron chi connectivity index (χ0n) is 7.89. The summed E-state index contributed by atoms with van der Waals surface area (Å²) in [7, 11) is 1.34. The summed E-state index contributed by atoms with van der Waals surface area (Å²) in [4.78, 5) is 11.3. The molecule has 0 aromatic carbocycles. The summed E-state index contributed by atoms with van der Waals surface area (Å²) in [5.74, 6) is 0.341. The van der Waals surface area contributed by atoms with Crippen molar-refractivity contribution in [3.63, 3.8) is 0 Å². The second-order valence-electron chi connectivity index (χ2n) is 2.85. The number of fused-ring (bicyclic) bond motifs is 1. The molecular weight excluding hydrogens is 182 g/mol. The van der Waals surface area contributed by atoms with Gasteiger partial charge >= 0.3 is 5.97 Å². The van der Waals surface area contributed by atoms with E-state index in [9.17, 15) is 4.79 Å². The van der Waals surface area contributed by atoms with Gasteiger partial charge in [-0.15, -0.1) is 10.2 Å². The lowest BCUT2D eigenvalue weighted by Crippen LogP contribution is -2.04. The van der Waals surface area contributed by atoms with E-state index in [0.717, 1.165) is 5.82 Å². The molecule has 2 heterocycles. The van der Waals surface area contributed by atoms with Crippen LogP contribution in [0.3, 0.4) is 0 Å². The van der Waals surface area contributed by atoms with Crippen LogP contribution in [-0.2, 0) is 4.74 Å². The van der Waals surface area contributed by atoms with Gasteiger partial charge in [-0.3, -0.25) is 4.40 Å². The highest BCUT2D eigenvalue weighted by Crippen LogP contribution is 2.10. The van der Waals surface area contributed by atoms with Crippen molar-refractivity contribution < 1.29 is 9.53 Å². The van der Waals surface area contributed by atoms with Gasteiger partial charge in [-0.2, -0.15) is 0 Å². The molecule has 0 bridgehead atoms. The Labute approximate surface area is 80.3 Å². The number of rotatable bonds is 1. The fourth-order valence-electron chi connectivity index (χ4n) is 1.30. The first-order valence-corrected chi connectivity index (χ1v) is 4.12. The van der Waals surface area contributed by atoms with Crippen molar-refractivity contribution in [3.8, 4) is 0 Å². The minimum absolute atomic E-state index is 0.400. The summed E-state index contributed by atoms with van der Waals surface area (Å²) in [6.07, 6.45) is 1.80. The van der Waals surface area contributed by atoms with E-state index in [2.05, 4.69) is 14.9 Å². The molecule has 2 rings (SSSR count). The van der Waals surface area contributed by atoms with Crippen LogP contribution in [0.25, 0.3) is 5.65 Å². The first-order valence-electron chi connectivity index (χ1n) is 4.12. The van der Waals surface area contributed by atoms with E-state index in [1.54, 1.807) is 22.7 Å². The van der Waals surface area contributed by atoms with Crippen LogP contribution < -0.4 is 0 Å². The molecule has 0 saturated heterocycles. The molecule has 0 radical (unpaired) electrons. The molecule has 0 amide bonds. The second kappa shape index (κ2) is 3.10. The summed E-state index contributed by atoms with van der Waals surface area (Å²) in [5.41, 5.74) is 0.951. The third-order valence-electron chi connectivity index (χ3n) is 2.01. The van der Waals surface area contributed by atoms with Crippen LogP contribution in [0.1, 0.15) is 16.2 Å². The van der Waals surface area contributed by atoms with Crippen LogP contribution in [0.4, 0.5) is 0 Å². The van der Waals surface area contributed by atoms with E-state index in [1.165, 1.54) is 7.11 Å². The highest BCUT2D eigenvalue weighted by Gasteiger charge is 2.12. The highest BCUT2D eigenvalue weighted by atomic mass is 16.5. The van der Waals surface area contributed by atoms with Crippen molar-refractivity contribution in [2.45, 2.75) is 6.92 Å². The third-order valence-corrected chi connectivity index (χ3v) is 2.01. The summed E-state index contributed by atoms with van der Waals surface area (Å²) >= 11 is 0. The van der Waals surface area contributed by atoms with Crippen molar-refractivity contribution in [1.82, 2.24) is 14.6 Å². The fraction of sp³-hybridized carbons (Fsp3) is 0.222. The number of carbonyl (C=O) groups excluding carboxylic acids is 1. The number of esters is 1. The largest absolute Gasteiger partial charge is 0.465 e. The van der Waals surface area contributed by atoms with Crippen LogP contribution in [0.5, 0.6) is 0 Å². The van der Waals surface area contributed by atoms with Crippen molar-refractivity contribution >= 4 is 11.6 Å². The van der Waals surface area contributed by atoms with Crippen LogP contribution in [0, 0.1) is 6.92 Å². The number of hydrogen-bond donors (Lipinski definition) is 0. The molecule has 2 aromatic rings. The van der Waals surface area contributed by atoms with E-state index >= 15 is 0 Å². The van der Waals surface area contributed by atoms with E-state index < -0.39 is 5.97 Å². The molecule has 0 spiro atoms. The van der Waals surface area contributed by atoms with Gasteiger partial charge in [-0.25, -0.2) is 4.79 Å². The number of pyridine rings is 1. The highest BCUT2D eigenvalue weighted by molar-refractivity contribution is 5.95. The maximum Gasteiger partial charge on any atom is 0.341 e. The van der Waals surface area contributed by atoms with Crippen molar-refractivity contribution in [3.05, 3.63) is 29.7 Å². The Bertz CT molecular complexity index is 490. The number of ether oxygens (including phenoxy) is 1. The van der Waals surface area contributed by atoms with Crippen LogP contribution in [0.15, 0.2) is 18.3 Å². The molecular formula is C9H9N3O2. The molecule has 0 atom stereocenters. The van der Waals surface area contributed by atoms with Gasteiger partial charge in [0.25, 0.3) is 0 Å². The predicted octanol–water partition coefficient (Wildman–Crippen LogP) is 0.824. The molecule has 0 saturated carbocycles. The third kappa shape index (κ3) is 1.14. The summed E-state index contributed by atoms with van der Waals surface area (Å²) in [6.45, 7) is 1.82. The SMILES string of the molecule is COC(=O)c1cccn2c(C)nnc12. The normalized spacial score (nSPS) is 10.4. The van der Waals surface area contributed by atoms with Crippen LogP contribution in [0.2, 0.25) is 0 Å². The number of carbonyl (C=O) groups is 1. The molecule has 5 nitrogen and oxygen atoms in total. The van der Waals surface area contributed by atoms with Gasteiger partial charge in [0.2, 0.25) is 0 Å². The maximum atomic E-state index is 11.3. The van der Waals surface area contributed by atoms with Crippen LogP contribution >= 0.6 is 0 Å². The lowest BCUT2D eigenvalue weighted by atomic mass is 10.3. The Morgan fingerprint density at radius 1 is 1.50 bits per heavy atom. The molecule has 0 N–H and O–H groups in total. The zero-order chi connectivity index (χ0) is 10.1. The Balaban J connectivity index is 2.71. The Morgan fingerprint density at radius 2 is 2.29 bits per heavy atom. The Hall–Kier alpha value is -1.91. The lowest BCUT2D eigenvalue weighted by molar-refractivity contribution is 0.0602. The summed E-state index contributed by atoms with van der Waals surface area (Å²) < 4.78 is 6.38. The van der Waals surface area contributed by atoms with Gasteiger partial charge in [-0.1, -0.05) is 0 Å². The van der Waals surface area contributed by atoms with Crippen molar-refractivity contribution in [2.75, 3.05) is 7.11 Å². The number of aromatic nitrogens is 3. The van der Waals surface area contributed by atoms with E-state index in [4.69, 9.17) is 0 Å². The monoisotopic (exact) mass is 191 g/mol.